The number of sulfonamides is 1. The first kappa shape index (κ1) is 14.9. The maximum absolute atomic E-state index is 13.1. The number of carboxylic acids is 1. The van der Waals surface area contributed by atoms with Gasteiger partial charge in [-0.3, -0.25) is 4.72 Å². The topological polar surface area (TPSA) is 83.5 Å². The zero-order valence-corrected chi connectivity index (χ0v) is 12.9. The van der Waals surface area contributed by atoms with Gasteiger partial charge in [0, 0.05) is 5.38 Å². The Labute approximate surface area is 126 Å². The molecule has 1 aromatic carbocycles. The van der Waals surface area contributed by atoms with Gasteiger partial charge >= 0.3 is 5.97 Å². The van der Waals surface area contributed by atoms with E-state index in [-0.39, 0.29) is 19.9 Å². The molecule has 0 fully saturated rings. The van der Waals surface area contributed by atoms with Gasteiger partial charge < -0.3 is 5.11 Å². The smallest absolute Gasteiger partial charge is 0.336 e. The fraction of sp³-hybridized carbons (Fsp3) is 0. The molecule has 2 aromatic rings. The Morgan fingerprint density at radius 2 is 2.05 bits per heavy atom. The van der Waals surface area contributed by atoms with Crippen molar-refractivity contribution in [2.45, 2.75) is 4.21 Å². The lowest BCUT2D eigenvalue weighted by Crippen LogP contribution is -2.11. The Morgan fingerprint density at radius 1 is 1.35 bits per heavy atom. The lowest BCUT2D eigenvalue weighted by atomic mass is 10.3. The van der Waals surface area contributed by atoms with Crippen LogP contribution in [0.4, 0.5) is 10.1 Å². The molecule has 0 spiro atoms. The molecule has 0 aliphatic rings. The number of carboxylic acid groups (broad SMARTS) is 1. The summed E-state index contributed by atoms with van der Waals surface area (Å²) in [5.74, 6) is -1.72. The van der Waals surface area contributed by atoms with Gasteiger partial charge in [0.25, 0.3) is 10.0 Å². The van der Waals surface area contributed by atoms with Gasteiger partial charge in [-0.25, -0.2) is 17.6 Å². The molecular formula is C11H7BrFNO4S2. The molecular weight excluding hydrogens is 373 g/mol. The van der Waals surface area contributed by atoms with Gasteiger partial charge in [0.2, 0.25) is 0 Å². The Hall–Kier alpha value is -1.45. The molecule has 0 bridgehead atoms. The number of hydrogen-bond donors (Lipinski definition) is 2. The van der Waals surface area contributed by atoms with Crippen LogP contribution in [0.15, 0.2) is 38.3 Å². The highest BCUT2D eigenvalue weighted by Gasteiger charge is 2.19. The molecule has 0 aliphatic heterocycles. The number of carbonyl (C=O) groups is 1. The maximum Gasteiger partial charge on any atom is 0.336 e. The third-order valence-corrected chi connectivity index (χ3v) is 5.69. The van der Waals surface area contributed by atoms with Crippen LogP contribution in [0.5, 0.6) is 0 Å². The van der Waals surface area contributed by atoms with Crippen molar-refractivity contribution in [2.75, 3.05) is 4.72 Å². The minimum atomic E-state index is -3.89. The molecule has 1 aromatic heterocycles. The molecule has 5 nitrogen and oxygen atoms in total. The molecule has 9 heteroatoms. The normalized spacial score (nSPS) is 11.3. The van der Waals surface area contributed by atoms with Crippen LogP contribution in [0.25, 0.3) is 0 Å². The van der Waals surface area contributed by atoms with Crippen LogP contribution < -0.4 is 4.72 Å². The summed E-state index contributed by atoms with van der Waals surface area (Å²) < 4.78 is 39.4. The molecule has 0 unspecified atom stereocenters. The van der Waals surface area contributed by atoms with Gasteiger partial charge in [-0.1, -0.05) is 0 Å². The van der Waals surface area contributed by atoms with Crippen molar-refractivity contribution in [1.29, 1.82) is 0 Å². The molecule has 2 N–H and O–H groups in total. The zero-order chi connectivity index (χ0) is 14.9. The van der Waals surface area contributed by atoms with E-state index in [0.717, 1.165) is 23.5 Å². The summed E-state index contributed by atoms with van der Waals surface area (Å²) in [6, 6.07) is 4.72. The van der Waals surface area contributed by atoms with Gasteiger partial charge in [-0.15, -0.1) is 11.3 Å². The summed E-state index contributed by atoms with van der Waals surface area (Å²) in [7, 11) is -3.89. The third kappa shape index (κ3) is 3.17. The lowest BCUT2D eigenvalue weighted by molar-refractivity contribution is 0.0697. The number of anilines is 1. The molecule has 106 valence electrons. The van der Waals surface area contributed by atoms with Crippen molar-refractivity contribution < 1.29 is 22.7 Å². The molecule has 0 amide bonds. The predicted octanol–water partition coefficient (Wildman–Crippen LogP) is 3.15. The van der Waals surface area contributed by atoms with E-state index in [1.165, 1.54) is 17.5 Å². The van der Waals surface area contributed by atoms with E-state index in [1.54, 1.807) is 0 Å². The molecule has 20 heavy (non-hydrogen) atoms. The largest absolute Gasteiger partial charge is 0.478 e. The van der Waals surface area contributed by atoms with Gasteiger partial charge in [0.15, 0.2) is 0 Å². The van der Waals surface area contributed by atoms with Crippen LogP contribution in [-0.4, -0.2) is 19.5 Å². The number of halogens is 2. The highest BCUT2D eigenvalue weighted by molar-refractivity contribution is 9.10. The number of thiophene rings is 1. The lowest BCUT2D eigenvalue weighted by Gasteiger charge is -2.06. The second-order valence-electron chi connectivity index (χ2n) is 3.69. The van der Waals surface area contributed by atoms with Gasteiger partial charge in [-0.05, 0) is 40.2 Å². The SMILES string of the molecule is O=C(O)c1csc(S(=O)(=O)Nc2ccc(F)c(Br)c2)c1. The quantitative estimate of drug-likeness (QED) is 0.854. The number of benzene rings is 1. The number of hydrogen-bond acceptors (Lipinski definition) is 4. The molecule has 1 heterocycles. The Balaban J connectivity index is 2.30. The Bertz CT molecular complexity index is 772. The average molecular weight is 380 g/mol. The van der Waals surface area contributed by atoms with Crippen molar-refractivity contribution in [3.05, 3.63) is 45.5 Å². The highest BCUT2D eigenvalue weighted by Crippen LogP contribution is 2.25. The number of rotatable bonds is 4. The standard InChI is InChI=1S/C11H7BrFNO4S2/c12-8-4-7(1-2-9(8)13)14-20(17,18)10-3-6(5-19-10)11(15)16/h1-5,14H,(H,15,16). The van der Waals surface area contributed by atoms with E-state index in [0.29, 0.717) is 0 Å². The second-order valence-corrected chi connectivity index (χ2v) is 7.37. The first-order chi connectivity index (χ1) is 9.29. The maximum atomic E-state index is 13.1. The fourth-order valence-electron chi connectivity index (χ4n) is 1.33. The van der Waals surface area contributed by atoms with Crippen LogP contribution in [-0.2, 0) is 10.0 Å². The summed E-state index contributed by atoms with van der Waals surface area (Å²) in [5, 5.41) is 10.00. The van der Waals surface area contributed by atoms with E-state index >= 15 is 0 Å². The summed E-state index contributed by atoms with van der Waals surface area (Å²) in [6.07, 6.45) is 0. The van der Waals surface area contributed by atoms with Crippen LogP contribution in [0.1, 0.15) is 10.4 Å². The second kappa shape index (κ2) is 5.51. The van der Waals surface area contributed by atoms with Crippen LogP contribution in [0.2, 0.25) is 0 Å². The van der Waals surface area contributed by atoms with Gasteiger partial charge in [0.05, 0.1) is 15.7 Å². The Morgan fingerprint density at radius 3 is 2.60 bits per heavy atom. The highest BCUT2D eigenvalue weighted by atomic mass is 79.9. The average Bonchev–Trinajstić information content (AvgIpc) is 2.84. The van der Waals surface area contributed by atoms with E-state index in [4.69, 9.17) is 5.11 Å². The van der Waals surface area contributed by atoms with Crippen LogP contribution >= 0.6 is 27.3 Å². The van der Waals surface area contributed by atoms with Gasteiger partial charge in [0.1, 0.15) is 10.0 Å². The van der Waals surface area contributed by atoms with Gasteiger partial charge in [-0.2, -0.15) is 0 Å². The van der Waals surface area contributed by atoms with E-state index in [1.807, 2.05) is 0 Å². The minimum Gasteiger partial charge on any atom is -0.478 e. The fourth-order valence-corrected chi connectivity index (χ4v) is 3.92. The molecule has 0 saturated carbocycles. The van der Waals surface area contributed by atoms with E-state index in [9.17, 15) is 17.6 Å². The van der Waals surface area contributed by atoms with E-state index in [2.05, 4.69) is 20.7 Å². The van der Waals surface area contributed by atoms with Crippen molar-refractivity contribution in [3.8, 4) is 0 Å². The van der Waals surface area contributed by atoms with Crippen molar-refractivity contribution >= 4 is 48.9 Å². The summed E-state index contributed by atoms with van der Waals surface area (Å²) in [4.78, 5) is 10.7. The summed E-state index contributed by atoms with van der Waals surface area (Å²) in [6.45, 7) is 0. The number of nitrogens with one attached hydrogen (secondary N) is 1. The molecule has 0 aliphatic carbocycles. The summed E-state index contributed by atoms with van der Waals surface area (Å²) in [5.41, 5.74) is 0.0687. The first-order valence-electron chi connectivity index (χ1n) is 5.09. The molecule has 2 rings (SSSR count). The van der Waals surface area contributed by atoms with Crippen LogP contribution in [0.3, 0.4) is 0 Å². The third-order valence-electron chi connectivity index (χ3n) is 2.26. The molecule has 0 atom stereocenters. The molecule has 0 radical (unpaired) electrons. The summed E-state index contributed by atoms with van der Waals surface area (Å²) >= 11 is 3.74. The monoisotopic (exact) mass is 379 g/mol. The minimum absolute atomic E-state index is 0.101. The van der Waals surface area contributed by atoms with Crippen molar-refractivity contribution in [2.24, 2.45) is 0 Å². The van der Waals surface area contributed by atoms with Crippen molar-refractivity contribution in [3.63, 3.8) is 0 Å². The number of aromatic carboxylic acids is 1. The molecule has 0 saturated heterocycles. The predicted molar refractivity (Wildman–Crippen MR) is 76.2 cm³/mol. The zero-order valence-electron chi connectivity index (χ0n) is 9.63. The Kier molecular flexibility index (Phi) is 4.11. The van der Waals surface area contributed by atoms with E-state index < -0.39 is 21.8 Å². The van der Waals surface area contributed by atoms with Crippen LogP contribution in [0, 0.1) is 5.82 Å². The first-order valence-corrected chi connectivity index (χ1v) is 8.25. The van der Waals surface area contributed by atoms with Crippen molar-refractivity contribution in [1.82, 2.24) is 0 Å².